The lowest BCUT2D eigenvalue weighted by molar-refractivity contribution is -0.132. The second kappa shape index (κ2) is 8.50. The van der Waals surface area contributed by atoms with Crippen molar-refractivity contribution < 1.29 is 14.4 Å². The Bertz CT molecular complexity index is 1010. The van der Waals surface area contributed by atoms with Crippen molar-refractivity contribution in [3.63, 3.8) is 0 Å². The zero-order chi connectivity index (χ0) is 22.0. The summed E-state index contributed by atoms with van der Waals surface area (Å²) in [6.45, 7) is 3.25. The third-order valence-corrected chi connectivity index (χ3v) is 5.84. The molecule has 2 N–H and O–H groups in total. The highest BCUT2D eigenvalue weighted by molar-refractivity contribution is 6.33. The average molecular weight is 443 g/mol. The number of nitrogens with one attached hydrogen (secondary N) is 2. The van der Waals surface area contributed by atoms with Crippen molar-refractivity contribution in [2.75, 3.05) is 18.0 Å². The van der Waals surface area contributed by atoms with Gasteiger partial charge in [0, 0.05) is 13.1 Å². The van der Waals surface area contributed by atoms with E-state index in [1.165, 1.54) is 6.20 Å². The summed E-state index contributed by atoms with van der Waals surface area (Å²) in [4.78, 5) is 48.6. The van der Waals surface area contributed by atoms with E-state index in [1.54, 1.807) is 6.92 Å². The predicted octanol–water partition coefficient (Wildman–Crippen LogP) is 2.32. The van der Waals surface area contributed by atoms with E-state index in [9.17, 15) is 14.4 Å². The fraction of sp³-hybridized carbons (Fsp3) is 0.381. The van der Waals surface area contributed by atoms with Gasteiger partial charge >= 0.3 is 6.03 Å². The molecule has 2 aliphatic heterocycles. The van der Waals surface area contributed by atoms with E-state index in [4.69, 9.17) is 11.6 Å². The van der Waals surface area contributed by atoms with E-state index in [2.05, 4.69) is 20.7 Å². The average Bonchev–Trinajstić information content (AvgIpc) is 3.37. The summed E-state index contributed by atoms with van der Waals surface area (Å²) < 4.78 is 0. The Balaban J connectivity index is 1.46. The molecule has 4 amide bonds. The van der Waals surface area contributed by atoms with E-state index in [0.717, 1.165) is 31.5 Å². The van der Waals surface area contributed by atoms with Crippen LogP contribution in [0.25, 0.3) is 0 Å². The molecule has 1 atom stereocenters. The molecule has 10 heteroatoms. The molecule has 162 valence electrons. The highest BCUT2D eigenvalue weighted by Crippen LogP contribution is 2.24. The lowest BCUT2D eigenvalue weighted by Gasteiger charge is -2.21. The number of hydrogen-bond donors (Lipinski definition) is 2. The summed E-state index contributed by atoms with van der Waals surface area (Å²) in [5.74, 6) is -0.882. The fourth-order valence-electron chi connectivity index (χ4n) is 3.74. The number of carbonyl (C=O) groups excluding carboxylic acids is 3. The van der Waals surface area contributed by atoms with Gasteiger partial charge in [0.25, 0.3) is 11.8 Å². The van der Waals surface area contributed by atoms with Crippen LogP contribution in [0.1, 0.15) is 42.2 Å². The quantitative estimate of drug-likeness (QED) is 0.665. The number of hydrazine groups is 1. The maximum Gasteiger partial charge on any atom is 0.344 e. The van der Waals surface area contributed by atoms with Crippen LogP contribution in [0.15, 0.2) is 36.5 Å². The lowest BCUT2D eigenvalue weighted by atomic mass is 9.93. The van der Waals surface area contributed by atoms with Gasteiger partial charge in [0.2, 0.25) is 5.95 Å². The highest BCUT2D eigenvalue weighted by Gasteiger charge is 2.48. The SMILES string of the molecule is C[C@@]1(CCc2ccccc2)NC(=O)N(NC(=O)c2nc(N3CCCC3)ncc2Cl)C1=O. The van der Waals surface area contributed by atoms with E-state index in [-0.39, 0.29) is 10.7 Å². The van der Waals surface area contributed by atoms with Crippen LogP contribution < -0.4 is 15.6 Å². The zero-order valence-electron chi connectivity index (χ0n) is 17.1. The highest BCUT2D eigenvalue weighted by atomic mass is 35.5. The van der Waals surface area contributed by atoms with E-state index in [1.807, 2.05) is 35.2 Å². The van der Waals surface area contributed by atoms with Crippen LogP contribution in [0.2, 0.25) is 5.02 Å². The Hall–Kier alpha value is -3.20. The van der Waals surface area contributed by atoms with Gasteiger partial charge in [-0.25, -0.2) is 14.8 Å². The van der Waals surface area contributed by atoms with Gasteiger partial charge in [0.05, 0.1) is 11.2 Å². The van der Waals surface area contributed by atoms with Gasteiger partial charge in [-0.15, -0.1) is 0 Å². The third-order valence-electron chi connectivity index (χ3n) is 5.57. The second-order valence-corrected chi connectivity index (χ2v) is 8.30. The number of imide groups is 1. The summed E-state index contributed by atoms with van der Waals surface area (Å²) in [6.07, 6.45) is 4.39. The molecule has 4 rings (SSSR count). The summed E-state index contributed by atoms with van der Waals surface area (Å²) >= 11 is 6.12. The molecule has 2 fully saturated rings. The number of amides is 4. The molecule has 0 radical (unpaired) electrons. The monoisotopic (exact) mass is 442 g/mol. The summed E-state index contributed by atoms with van der Waals surface area (Å²) in [5.41, 5.74) is 2.18. The smallest absolute Gasteiger partial charge is 0.341 e. The zero-order valence-corrected chi connectivity index (χ0v) is 17.9. The molecule has 0 spiro atoms. The van der Waals surface area contributed by atoms with Crippen molar-refractivity contribution >= 4 is 35.4 Å². The molecule has 1 aromatic carbocycles. The van der Waals surface area contributed by atoms with Crippen molar-refractivity contribution in [3.8, 4) is 0 Å². The normalized spacial score (nSPS) is 20.8. The van der Waals surface area contributed by atoms with Crippen LogP contribution in [-0.4, -0.2) is 51.5 Å². The molecule has 0 aliphatic carbocycles. The van der Waals surface area contributed by atoms with Gasteiger partial charge in [0.15, 0.2) is 5.69 Å². The van der Waals surface area contributed by atoms with Gasteiger partial charge in [-0.1, -0.05) is 41.9 Å². The summed E-state index contributed by atoms with van der Waals surface area (Å²) in [7, 11) is 0. The topological polar surface area (TPSA) is 108 Å². The minimum Gasteiger partial charge on any atom is -0.341 e. The molecular formula is C21H23ClN6O3. The molecule has 31 heavy (non-hydrogen) atoms. The minimum atomic E-state index is -1.13. The first-order valence-corrected chi connectivity index (χ1v) is 10.5. The van der Waals surface area contributed by atoms with Crippen molar-refractivity contribution in [1.82, 2.24) is 25.7 Å². The molecule has 2 saturated heterocycles. The Morgan fingerprint density at radius 2 is 1.94 bits per heavy atom. The first-order chi connectivity index (χ1) is 14.9. The van der Waals surface area contributed by atoms with Crippen LogP contribution in [-0.2, 0) is 11.2 Å². The maximum absolute atomic E-state index is 12.9. The van der Waals surface area contributed by atoms with Crippen molar-refractivity contribution in [1.29, 1.82) is 0 Å². The summed E-state index contributed by atoms with van der Waals surface area (Å²) in [6, 6.07) is 8.97. The number of aryl methyl sites for hydroxylation is 1. The Morgan fingerprint density at radius 3 is 2.65 bits per heavy atom. The van der Waals surface area contributed by atoms with E-state index >= 15 is 0 Å². The number of anilines is 1. The number of rotatable bonds is 6. The largest absolute Gasteiger partial charge is 0.344 e. The number of hydrogen-bond acceptors (Lipinski definition) is 6. The fourth-order valence-corrected chi connectivity index (χ4v) is 3.91. The number of urea groups is 1. The number of carbonyl (C=O) groups is 3. The molecule has 1 aromatic heterocycles. The molecular weight excluding hydrogens is 420 g/mol. The van der Waals surface area contributed by atoms with Crippen molar-refractivity contribution in [2.24, 2.45) is 0 Å². The van der Waals surface area contributed by atoms with Crippen LogP contribution in [0.5, 0.6) is 0 Å². The number of nitrogens with zero attached hydrogens (tertiary/aromatic N) is 4. The van der Waals surface area contributed by atoms with Gasteiger partial charge in [-0.3, -0.25) is 15.0 Å². The molecule has 0 bridgehead atoms. The molecule has 0 unspecified atom stereocenters. The van der Waals surface area contributed by atoms with E-state index in [0.29, 0.717) is 23.8 Å². The number of benzene rings is 1. The maximum atomic E-state index is 12.9. The standard InChI is InChI=1S/C21H23ClN6O3/c1-21(10-9-14-7-3-2-4-8-14)18(30)28(20(31)25-21)26-17(29)16-15(22)13-23-19(24-16)27-11-5-6-12-27/h2-4,7-8,13H,5-6,9-12H2,1H3,(H,25,31)(H,26,29)/t21-/m0/s1. The molecule has 2 aliphatic rings. The predicted molar refractivity (Wildman–Crippen MR) is 115 cm³/mol. The second-order valence-electron chi connectivity index (χ2n) is 7.89. The molecule has 9 nitrogen and oxygen atoms in total. The van der Waals surface area contributed by atoms with E-state index < -0.39 is 23.4 Å². The van der Waals surface area contributed by atoms with Crippen molar-refractivity contribution in [3.05, 3.63) is 52.8 Å². The number of halogens is 1. The lowest BCUT2D eigenvalue weighted by Crippen LogP contribution is -2.49. The third kappa shape index (κ3) is 4.32. The van der Waals surface area contributed by atoms with Gasteiger partial charge in [0.1, 0.15) is 5.54 Å². The Kier molecular flexibility index (Phi) is 5.77. The van der Waals surface area contributed by atoms with Crippen LogP contribution in [0.4, 0.5) is 10.7 Å². The van der Waals surface area contributed by atoms with Gasteiger partial charge < -0.3 is 10.2 Å². The minimum absolute atomic E-state index is 0.0411. The van der Waals surface area contributed by atoms with Gasteiger partial charge in [-0.2, -0.15) is 5.01 Å². The Labute approximate surface area is 184 Å². The van der Waals surface area contributed by atoms with Crippen LogP contribution in [0.3, 0.4) is 0 Å². The number of aromatic nitrogens is 2. The Morgan fingerprint density at radius 1 is 1.23 bits per heavy atom. The molecule has 0 saturated carbocycles. The van der Waals surface area contributed by atoms with Crippen molar-refractivity contribution in [2.45, 2.75) is 38.1 Å². The van der Waals surface area contributed by atoms with Gasteiger partial charge in [-0.05, 0) is 38.2 Å². The first-order valence-electron chi connectivity index (χ1n) is 10.2. The summed E-state index contributed by atoms with van der Waals surface area (Å²) in [5, 5.41) is 3.41. The molecule has 2 aromatic rings. The first kappa shape index (κ1) is 21.0. The van der Waals surface area contributed by atoms with Crippen LogP contribution in [0, 0.1) is 0 Å². The molecule has 3 heterocycles. The van der Waals surface area contributed by atoms with Crippen LogP contribution >= 0.6 is 11.6 Å².